The van der Waals surface area contributed by atoms with Crippen LogP contribution in [-0.2, 0) is 6.42 Å². The first-order valence-corrected chi connectivity index (χ1v) is 4.81. The summed E-state index contributed by atoms with van der Waals surface area (Å²) in [5, 5.41) is 0.285. The Balaban J connectivity index is 3.11. The van der Waals surface area contributed by atoms with Gasteiger partial charge in [0.2, 0.25) is 0 Å². The van der Waals surface area contributed by atoms with Crippen molar-refractivity contribution in [1.82, 2.24) is 4.98 Å². The second kappa shape index (κ2) is 3.94. The minimum Gasteiger partial charge on any atom is -0.258 e. The lowest BCUT2D eigenvalue weighted by Crippen LogP contribution is -1.98. The summed E-state index contributed by atoms with van der Waals surface area (Å²) >= 11 is 4.41. The van der Waals surface area contributed by atoms with Gasteiger partial charge in [-0.15, -0.1) is 0 Å². The molecule has 0 spiro atoms. The highest BCUT2D eigenvalue weighted by Gasteiger charge is 2.06. The highest BCUT2D eigenvalue weighted by molar-refractivity contribution is 7.80. The molecule has 0 amide bonds. The number of hydrogen-bond acceptors (Lipinski definition) is 2. The van der Waals surface area contributed by atoms with E-state index in [2.05, 4.69) is 37.5 Å². The van der Waals surface area contributed by atoms with Gasteiger partial charge in [0, 0.05) is 16.6 Å². The quantitative estimate of drug-likeness (QED) is 0.692. The number of hydrogen-bond donors (Lipinski definition) is 1. The molecule has 1 heterocycles. The van der Waals surface area contributed by atoms with Crippen LogP contribution in [-0.4, -0.2) is 4.98 Å². The molecule has 1 aromatic rings. The van der Waals surface area contributed by atoms with Crippen LogP contribution < -0.4 is 0 Å². The molecule has 0 aliphatic heterocycles. The number of rotatable bonds is 2. The molecule has 0 aliphatic carbocycles. The Bertz CT molecular complexity index is 269. The molecule has 66 valence electrons. The van der Waals surface area contributed by atoms with E-state index in [-0.39, 0.29) is 5.25 Å². The second-order valence-electron chi connectivity index (χ2n) is 3.02. The lowest BCUT2D eigenvalue weighted by atomic mass is 10.1. The normalized spacial score (nSPS) is 13.0. The summed E-state index contributed by atoms with van der Waals surface area (Å²) in [6.07, 6.45) is 0.988. The molecule has 0 fully saturated rings. The van der Waals surface area contributed by atoms with Gasteiger partial charge in [0.25, 0.3) is 0 Å². The molecule has 1 atom stereocenters. The molecule has 1 rings (SSSR count). The minimum absolute atomic E-state index is 0.285. The van der Waals surface area contributed by atoms with Gasteiger partial charge in [-0.05, 0) is 31.9 Å². The van der Waals surface area contributed by atoms with Crippen LogP contribution in [0.25, 0.3) is 0 Å². The van der Waals surface area contributed by atoms with Crippen LogP contribution in [0.15, 0.2) is 12.1 Å². The van der Waals surface area contributed by atoms with Crippen LogP contribution in [0.4, 0.5) is 0 Å². The van der Waals surface area contributed by atoms with Crippen molar-refractivity contribution in [2.45, 2.75) is 32.4 Å². The average molecular weight is 181 g/mol. The van der Waals surface area contributed by atoms with Crippen molar-refractivity contribution in [3.8, 4) is 0 Å². The van der Waals surface area contributed by atoms with Crippen LogP contribution >= 0.6 is 12.6 Å². The Morgan fingerprint density at radius 2 is 2.17 bits per heavy atom. The van der Waals surface area contributed by atoms with E-state index in [1.165, 1.54) is 11.3 Å². The number of aryl methyl sites for hydroxylation is 2. The van der Waals surface area contributed by atoms with Crippen molar-refractivity contribution >= 4 is 12.6 Å². The Morgan fingerprint density at radius 1 is 1.50 bits per heavy atom. The smallest absolute Gasteiger partial charge is 0.0447 e. The first-order valence-electron chi connectivity index (χ1n) is 4.29. The van der Waals surface area contributed by atoms with Crippen molar-refractivity contribution in [3.05, 3.63) is 29.1 Å². The van der Waals surface area contributed by atoms with E-state index in [4.69, 9.17) is 0 Å². The van der Waals surface area contributed by atoms with E-state index in [1.54, 1.807) is 0 Å². The molecular formula is C10H15NS. The summed E-state index contributed by atoms with van der Waals surface area (Å²) in [5.74, 6) is 0. The number of pyridine rings is 1. The van der Waals surface area contributed by atoms with E-state index in [0.29, 0.717) is 0 Å². The molecule has 0 N–H and O–H groups in total. The zero-order valence-electron chi connectivity index (χ0n) is 7.83. The van der Waals surface area contributed by atoms with Crippen LogP contribution in [0.1, 0.15) is 36.0 Å². The molecule has 0 radical (unpaired) electrons. The Labute approximate surface area is 79.6 Å². The molecule has 1 nitrogen and oxygen atoms in total. The summed E-state index contributed by atoms with van der Waals surface area (Å²) in [5.41, 5.74) is 3.52. The summed E-state index contributed by atoms with van der Waals surface area (Å²) in [6, 6.07) is 4.17. The number of nitrogens with zero attached hydrogens (tertiary/aromatic N) is 1. The Hall–Kier alpha value is -0.500. The van der Waals surface area contributed by atoms with Gasteiger partial charge in [-0.3, -0.25) is 4.98 Å². The topological polar surface area (TPSA) is 12.9 Å². The molecule has 0 saturated carbocycles. The molecule has 1 aromatic heterocycles. The van der Waals surface area contributed by atoms with Crippen LogP contribution in [0, 0.1) is 6.92 Å². The van der Waals surface area contributed by atoms with Gasteiger partial charge in [-0.25, -0.2) is 0 Å². The third kappa shape index (κ3) is 2.01. The highest BCUT2D eigenvalue weighted by Crippen LogP contribution is 2.22. The van der Waals surface area contributed by atoms with Gasteiger partial charge >= 0.3 is 0 Å². The average Bonchev–Trinajstić information content (AvgIpc) is 2.03. The maximum Gasteiger partial charge on any atom is 0.0447 e. The van der Waals surface area contributed by atoms with Crippen LogP contribution in [0.3, 0.4) is 0 Å². The number of aromatic nitrogens is 1. The van der Waals surface area contributed by atoms with Crippen LogP contribution in [0.5, 0.6) is 0 Å². The van der Waals surface area contributed by atoms with Gasteiger partial charge < -0.3 is 0 Å². The highest BCUT2D eigenvalue weighted by atomic mass is 32.1. The number of thiol groups is 1. The second-order valence-corrected chi connectivity index (χ2v) is 3.79. The van der Waals surface area contributed by atoms with Gasteiger partial charge in [-0.1, -0.05) is 13.0 Å². The zero-order chi connectivity index (χ0) is 9.14. The Morgan fingerprint density at radius 3 is 2.67 bits per heavy atom. The summed E-state index contributed by atoms with van der Waals surface area (Å²) in [4.78, 5) is 4.46. The summed E-state index contributed by atoms with van der Waals surface area (Å²) in [6.45, 7) is 6.22. The zero-order valence-corrected chi connectivity index (χ0v) is 8.73. The van der Waals surface area contributed by atoms with Crippen molar-refractivity contribution in [1.29, 1.82) is 0 Å². The molecule has 0 saturated heterocycles. The summed E-state index contributed by atoms with van der Waals surface area (Å²) in [7, 11) is 0. The van der Waals surface area contributed by atoms with E-state index in [0.717, 1.165) is 12.1 Å². The van der Waals surface area contributed by atoms with Gasteiger partial charge in [-0.2, -0.15) is 12.6 Å². The molecular weight excluding hydrogens is 166 g/mol. The molecule has 0 aromatic carbocycles. The fourth-order valence-electron chi connectivity index (χ4n) is 1.28. The van der Waals surface area contributed by atoms with Gasteiger partial charge in [0.05, 0.1) is 0 Å². The van der Waals surface area contributed by atoms with Crippen molar-refractivity contribution in [2.75, 3.05) is 0 Å². The van der Waals surface area contributed by atoms with Gasteiger partial charge in [0.15, 0.2) is 0 Å². The monoisotopic (exact) mass is 181 g/mol. The fraction of sp³-hybridized carbons (Fsp3) is 0.500. The van der Waals surface area contributed by atoms with E-state index >= 15 is 0 Å². The first kappa shape index (κ1) is 9.59. The van der Waals surface area contributed by atoms with Crippen molar-refractivity contribution in [2.24, 2.45) is 0 Å². The van der Waals surface area contributed by atoms with E-state index in [9.17, 15) is 0 Å². The first-order chi connectivity index (χ1) is 5.65. The molecule has 0 aliphatic rings. The Kier molecular flexibility index (Phi) is 3.15. The third-order valence-electron chi connectivity index (χ3n) is 1.93. The predicted octanol–water partition coefficient (Wildman–Crippen LogP) is 2.94. The molecule has 1 unspecified atom stereocenters. The SMILES string of the molecule is CCc1nc(C)ccc1C(C)S. The molecule has 2 heteroatoms. The fourth-order valence-corrected chi connectivity index (χ4v) is 1.52. The largest absolute Gasteiger partial charge is 0.258 e. The van der Waals surface area contributed by atoms with Crippen molar-refractivity contribution < 1.29 is 0 Å². The maximum atomic E-state index is 4.46. The molecule has 0 bridgehead atoms. The van der Waals surface area contributed by atoms with Gasteiger partial charge in [0.1, 0.15) is 0 Å². The van der Waals surface area contributed by atoms with Crippen molar-refractivity contribution in [3.63, 3.8) is 0 Å². The van der Waals surface area contributed by atoms with E-state index in [1.807, 2.05) is 13.0 Å². The predicted molar refractivity (Wildman–Crippen MR) is 55.8 cm³/mol. The lowest BCUT2D eigenvalue weighted by molar-refractivity contribution is 0.937. The summed E-state index contributed by atoms with van der Waals surface area (Å²) < 4.78 is 0. The standard InChI is InChI=1S/C10H15NS/c1-4-10-9(8(3)12)6-5-7(2)11-10/h5-6,8,12H,4H2,1-3H3. The minimum atomic E-state index is 0.285. The maximum absolute atomic E-state index is 4.46. The molecule has 12 heavy (non-hydrogen) atoms. The third-order valence-corrected chi connectivity index (χ3v) is 2.21. The lowest BCUT2D eigenvalue weighted by Gasteiger charge is -2.09. The van der Waals surface area contributed by atoms with Crippen LogP contribution in [0.2, 0.25) is 0 Å². The van der Waals surface area contributed by atoms with E-state index < -0.39 is 0 Å².